The minimum absolute atomic E-state index is 0. The van der Waals surface area contributed by atoms with E-state index in [0.29, 0.717) is 0 Å². The van der Waals surface area contributed by atoms with Gasteiger partial charge >= 0.3 is 0 Å². The average molecular weight is 365 g/mol. The first-order valence-electron chi connectivity index (χ1n) is 8.63. The Bertz CT molecular complexity index is 632. The molecule has 134 valence electrons. The minimum atomic E-state index is -0.224. The molecule has 2 atom stereocenters. The van der Waals surface area contributed by atoms with Crippen LogP contribution in [0.4, 0.5) is 8.78 Å². The molecule has 25 heavy (non-hydrogen) atoms. The minimum Gasteiger partial charge on any atom is -0.316 e. The Morgan fingerprint density at radius 1 is 0.840 bits per heavy atom. The molecule has 0 aromatic heterocycles. The second-order valence-corrected chi connectivity index (χ2v) is 7.05. The first-order valence-corrected chi connectivity index (χ1v) is 8.63. The fourth-order valence-corrected chi connectivity index (χ4v) is 4.15. The van der Waals surface area contributed by atoms with Gasteiger partial charge in [0, 0.05) is 25.6 Å². The van der Waals surface area contributed by atoms with Gasteiger partial charge in [0.15, 0.2) is 0 Å². The SMILES string of the molecule is Cl.Fc1ccc(C(CN2C[C@H]3CNC[C@H]3C2)c2ccc(F)cc2)cc1. The summed E-state index contributed by atoms with van der Waals surface area (Å²) in [5, 5.41) is 3.46. The summed E-state index contributed by atoms with van der Waals surface area (Å²) in [5.41, 5.74) is 2.16. The first kappa shape index (κ1) is 18.3. The fraction of sp³-hybridized carbons (Fsp3) is 0.400. The maximum absolute atomic E-state index is 13.3. The Balaban J connectivity index is 0.00000182. The van der Waals surface area contributed by atoms with Crippen LogP contribution in [0.15, 0.2) is 48.5 Å². The van der Waals surface area contributed by atoms with E-state index in [0.717, 1.165) is 55.7 Å². The molecule has 0 spiro atoms. The molecular weight excluding hydrogens is 342 g/mol. The summed E-state index contributed by atoms with van der Waals surface area (Å²) in [5.74, 6) is 1.17. The Morgan fingerprint density at radius 2 is 1.28 bits per heavy atom. The van der Waals surface area contributed by atoms with Crippen LogP contribution < -0.4 is 5.32 Å². The lowest BCUT2D eigenvalue weighted by Gasteiger charge is -2.25. The van der Waals surface area contributed by atoms with Crippen molar-refractivity contribution in [3.05, 3.63) is 71.3 Å². The fourth-order valence-electron chi connectivity index (χ4n) is 4.15. The molecule has 2 aromatic carbocycles. The molecule has 0 aliphatic carbocycles. The van der Waals surface area contributed by atoms with Gasteiger partial charge < -0.3 is 10.2 Å². The highest BCUT2D eigenvalue weighted by Crippen LogP contribution is 2.31. The second kappa shape index (κ2) is 7.81. The Hall–Kier alpha value is -1.49. The third-order valence-corrected chi connectivity index (χ3v) is 5.45. The summed E-state index contributed by atoms with van der Waals surface area (Å²) in [4.78, 5) is 2.51. The van der Waals surface area contributed by atoms with E-state index in [4.69, 9.17) is 0 Å². The van der Waals surface area contributed by atoms with Crippen LogP contribution >= 0.6 is 12.4 Å². The molecule has 1 N–H and O–H groups in total. The molecule has 2 nitrogen and oxygen atoms in total. The summed E-state index contributed by atoms with van der Waals surface area (Å²) in [7, 11) is 0. The maximum atomic E-state index is 13.3. The second-order valence-electron chi connectivity index (χ2n) is 7.05. The zero-order chi connectivity index (χ0) is 16.5. The topological polar surface area (TPSA) is 15.3 Å². The molecule has 2 saturated heterocycles. The largest absolute Gasteiger partial charge is 0.316 e. The molecular formula is C20H23ClF2N2. The molecule has 2 aliphatic rings. The van der Waals surface area contributed by atoms with Gasteiger partial charge in [0.2, 0.25) is 0 Å². The molecule has 2 fully saturated rings. The van der Waals surface area contributed by atoms with Crippen LogP contribution in [-0.2, 0) is 0 Å². The maximum Gasteiger partial charge on any atom is 0.123 e. The average Bonchev–Trinajstić information content (AvgIpc) is 3.16. The first-order chi connectivity index (χ1) is 11.7. The van der Waals surface area contributed by atoms with E-state index in [9.17, 15) is 8.78 Å². The number of fused-ring (bicyclic) bond motifs is 1. The van der Waals surface area contributed by atoms with Crippen molar-refractivity contribution in [2.75, 3.05) is 32.7 Å². The zero-order valence-electron chi connectivity index (χ0n) is 14.0. The summed E-state index contributed by atoms with van der Waals surface area (Å²) in [6.07, 6.45) is 0. The van der Waals surface area contributed by atoms with E-state index >= 15 is 0 Å². The highest BCUT2D eigenvalue weighted by Gasteiger charge is 2.36. The van der Waals surface area contributed by atoms with Crippen LogP contribution in [0.25, 0.3) is 0 Å². The summed E-state index contributed by atoms with van der Waals surface area (Å²) >= 11 is 0. The van der Waals surface area contributed by atoms with E-state index in [1.54, 1.807) is 0 Å². The van der Waals surface area contributed by atoms with Crippen molar-refractivity contribution in [1.82, 2.24) is 10.2 Å². The van der Waals surface area contributed by atoms with Crippen molar-refractivity contribution >= 4 is 12.4 Å². The van der Waals surface area contributed by atoms with E-state index in [1.807, 2.05) is 24.3 Å². The molecule has 2 aliphatic heterocycles. The van der Waals surface area contributed by atoms with Crippen LogP contribution in [0.1, 0.15) is 17.0 Å². The van der Waals surface area contributed by atoms with Crippen LogP contribution in [-0.4, -0.2) is 37.6 Å². The number of likely N-dealkylation sites (tertiary alicyclic amines) is 1. The van der Waals surface area contributed by atoms with Crippen LogP contribution in [0, 0.1) is 23.5 Å². The van der Waals surface area contributed by atoms with Crippen molar-refractivity contribution in [1.29, 1.82) is 0 Å². The predicted molar refractivity (Wildman–Crippen MR) is 98.2 cm³/mol. The van der Waals surface area contributed by atoms with E-state index in [2.05, 4.69) is 10.2 Å². The van der Waals surface area contributed by atoms with Gasteiger partial charge in [-0.05, 0) is 60.3 Å². The molecule has 4 rings (SSSR count). The quantitative estimate of drug-likeness (QED) is 0.890. The molecule has 0 unspecified atom stereocenters. The Kier molecular flexibility index (Phi) is 5.72. The molecule has 0 radical (unpaired) electrons. The van der Waals surface area contributed by atoms with Crippen molar-refractivity contribution in [3.8, 4) is 0 Å². The lowest BCUT2D eigenvalue weighted by atomic mass is 9.90. The monoisotopic (exact) mass is 364 g/mol. The van der Waals surface area contributed by atoms with Gasteiger partial charge in [-0.15, -0.1) is 12.4 Å². The van der Waals surface area contributed by atoms with Gasteiger partial charge in [-0.1, -0.05) is 24.3 Å². The molecule has 2 aromatic rings. The molecule has 2 heterocycles. The lowest BCUT2D eigenvalue weighted by Crippen LogP contribution is -2.30. The number of nitrogens with zero attached hydrogens (tertiary/aromatic N) is 1. The van der Waals surface area contributed by atoms with E-state index in [1.165, 1.54) is 24.3 Å². The Labute approximate surface area is 153 Å². The van der Waals surface area contributed by atoms with Crippen LogP contribution in [0.5, 0.6) is 0 Å². The van der Waals surface area contributed by atoms with Gasteiger partial charge in [-0.3, -0.25) is 0 Å². The molecule has 0 bridgehead atoms. The normalized spacial score (nSPS) is 22.8. The molecule has 5 heteroatoms. The third kappa shape index (κ3) is 4.02. The zero-order valence-corrected chi connectivity index (χ0v) is 14.8. The molecule has 0 amide bonds. The van der Waals surface area contributed by atoms with Gasteiger partial charge in [0.1, 0.15) is 11.6 Å². The van der Waals surface area contributed by atoms with Gasteiger partial charge in [-0.25, -0.2) is 8.78 Å². The van der Waals surface area contributed by atoms with Crippen molar-refractivity contribution in [3.63, 3.8) is 0 Å². The van der Waals surface area contributed by atoms with Gasteiger partial charge in [0.25, 0.3) is 0 Å². The Morgan fingerprint density at radius 3 is 1.72 bits per heavy atom. The van der Waals surface area contributed by atoms with E-state index < -0.39 is 0 Å². The van der Waals surface area contributed by atoms with Crippen molar-refractivity contribution in [2.24, 2.45) is 11.8 Å². The smallest absolute Gasteiger partial charge is 0.123 e. The summed E-state index contributed by atoms with van der Waals surface area (Å²) in [6, 6.07) is 13.4. The van der Waals surface area contributed by atoms with Crippen LogP contribution in [0.2, 0.25) is 0 Å². The predicted octanol–water partition coefficient (Wildman–Crippen LogP) is 3.67. The summed E-state index contributed by atoms with van der Waals surface area (Å²) in [6.45, 7) is 5.33. The summed E-state index contributed by atoms with van der Waals surface area (Å²) < 4.78 is 26.6. The highest BCUT2D eigenvalue weighted by molar-refractivity contribution is 5.85. The van der Waals surface area contributed by atoms with Crippen molar-refractivity contribution < 1.29 is 8.78 Å². The van der Waals surface area contributed by atoms with E-state index in [-0.39, 0.29) is 30.0 Å². The number of hydrogen-bond acceptors (Lipinski definition) is 2. The van der Waals surface area contributed by atoms with Gasteiger partial charge in [0.05, 0.1) is 0 Å². The number of rotatable bonds is 4. The van der Waals surface area contributed by atoms with Crippen molar-refractivity contribution in [2.45, 2.75) is 5.92 Å². The number of benzene rings is 2. The highest BCUT2D eigenvalue weighted by atomic mass is 35.5. The number of hydrogen-bond donors (Lipinski definition) is 1. The lowest BCUT2D eigenvalue weighted by molar-refractivity contribution is 0.303. The molecule has 0 saturated carbocycles. The van der Waals surface area contributed by atoms with Crippen LogP contribution in [0.3, 0.4) is 0 Å². The van der Waals surface area contributed by atoms with Gasteiger partial charge in [-0.2, -0.15) is 0 Å². The third-order valence-electron chi connectivity index (χ3n) is 5.45. The number of halogens is 3. The standard InChI is InChI=1S/C20H22F2N2.ClH/c21-18-5-1-14(2-6-18)20(15-3-7-19(22)8-4-15)13-24-11-16-9-23-10-17(16)12-24;/h1-8,16-17,20,23H,9-13H2;1H/t16-,17+;. The number of nitrogens with one attached hydrogen (secondary N) is 1.